The Labute approximate surface area is 168 Å². The molecule has 1 atom stereocenters. The van der Waals surface area contributed by atoms with E-state index in [1.54, 1.807) is 0 Å². The van der Waals surface area contributed by atoms with Crippen LogP contribution in [-0.4, -0.2) is 56.8 Å². The van der Waals surface area contributed by atoms with E-state index in [4.69, 9.17) is 10.7 Å². The summed E-state index contributed by atoms with van der Waals surface area (Å²) in [7, 11) is 5.93. The van der Waals surface area contributed by atoms with Crippen LogP contribution in [0.2, 0.25) is 0 Å². The van der Waals surface area contributed by atoms with E-state index in [1.165, 1.54) is 0 Å². The second-order valence-electron chi connectivity index (χ2n) is 6.74. The van der Waals surface area contributed by atoms with Crippen LogP contribution in [0.15, 0.2) is 48.4 Å². The average Bonchev–Trinajstić information content (AvgIpc) is 3.18. The Morgan fingerprint density at radius 3 is 2.86 bits per heavy atom. The van der Waals surface area contributed by atoms with Gasteiger partial charge in [0, 0.05) is 32.5 Å². The molecule has 0 spiro atoms. The monoisotopic (exact) mass is 386 g/mol. The average molecular weight is 387 g/mol. The highest BCUT2D eigenvalue weighted by atomic mass is 15.5. The number of nitrogens with one attached hydrogen (secondary N) is 4. The van der Waals surface area contributed by atoms with Crippen molar-refractivity contribution < 1.29 is 0 Å². The molecule has 2 rings (SSSR count). The SMILES string of the molecule is C=C(N/C(=C/NC)C(NC)N(C)CCC)c1cccc(N2C=C(CN)CN2)n1. The number of nitrogens with zero attached hydrogens (tertiary/aromatic N) is 3. The molecule has 0 aliphatic carbocycles. The lowest BCUT2D eigenvalue weighted by Crippen LogP contribution is -2.47. The standard InChI is InChI=1S/C20H34N8/c1-6-10-27(5)20(23-4)18(13-22-3)25-15(2)17-8-7-9-19(26-17)28-14-16(11-21)12-24-28/h7-9,13-14,20,22-25H,2,6,10-12,21H2,1,3-5H3/b18-13+. The molecule has 1 unspecified atom stereocenters. The van der Waals surface area contributed by atoms with E-state index in [0.717, 1.165) is 48.0 Å². The molecule has 0 amide bonds. The van der Waals surface area contributed by atoms with Crippen molar-refractivity contribution in [2.75, 3.05) is 45.8 Å². The van der Waals surface area contributed by atoms with Gasteiger partial charge in [0.15, 0.2) is 0 Å². The highest BCUT2D eigenvalue weighted by molar-refractivity contribution is 5.62. The van der Waals surface area contributed by atoms with Gasteiger partial charge in [0.25, 0.3) is 0 Å². The Hall–Kier alpha value is -2.39. The number of aromatic nitrogens is 1. The lowest BCUT2D eigenvalue weighted by molar-refractivity contribution is 0.239. The number of hydrogen-bond donors (Lipinski definition) is 5. The molecule has 8 nitrogen and oxygen atoms in total. The third-order valence-corrected chi connectivity index (χ3v) is 4.52. The number of pyridine rings is 1. The first-order valence-corrected chi connectivity index (χ1v) is 9.64. The van der Waals surface area contributed by atoms with Gasteiger partial charge in [0.05, 0.1) is 17.1 Å². The summed E-state index contributed by atoms with van der Waals surface area (Å²) in [5.41, 5.74) is 12.6. The van der Waals surface area contributed by atoms with Crippen molar-refractivity contribution in [2.45, 2.75) is 19.5 Å². The van der Waals surface area contributed by atoms with E-state index in [0.29, 0.717) is 6.54 Å². The number of rotatable bonds is 11. The minimum absolute atomic E-state index is 0.0302. The second-order valence-corrected chi connectivity index (χ2v) is 6.74. The molecular weight excluding hydrogens is 352 g/mol. The van der Waals surface area contributed by atoms with Crippen LogP contribution < -0.4 is 32.1 Å². The van der Waals surface area contributed by atoms with E-state index >= 15 is 0 Å². The van der Waals surface area contributed by atoms with E-state index in [9.17, 15) is 0 Å². The van der Waals surface area contributed by atoms with Gasteiger partial charge >= 0.3 is 0 Å². The molecule has 0 saturated carbocycles. The number of anilines is 1. The smallest absolute Gasteiger partial charge is 0.147 e. The van der Waals surface area contributed by atoms with Crippen LogP contribution >= 0.6 is 0 Å². The molecule has 1 aromatic rings. The highest BCUT2D eigenvalue weighted by Gasteiger charge is 2.19. The maximum Gasteiger partial charge on any atom is 0.147 e. The number of nitrogens with two attached hydrogens (primary N) is 1. The first-order chi connectivity index (χ1) is 13.5. The van der Waals surface area contributed by atoms with E-state index < -0.39 is 0 Å². The Morgan fingerprint density at radius 2 is 2.25 bits per heavy atom. The Morgan fingerprint density at radius 1 is 1.46 bits per heavy atom. The molecule has 8 heteroatoms. The molecule has 0 bridgehead atoms. The van der Waals surface area contributed by atoms with Crippen LogP contribution in [0.25, 0.3) is 5.70 Å². The number of hydrogen-bond acceptors (Lipinski definition) is 8. The maximum atomic E-state index is 5.72. The fourth-order valence-electron chi connectivity index (χ4n) is 3.13. The van der Waals surface area contributed by atoms with Gasteiger partial charge in [-0.05, 0) is 44.8 Å². The molecule has 6 N–H and O–H groups in total. The van der Waals surface area contributed by atoms with Crippen molar-refractivity contribution in [1.82, 2.24) is 31.3 Å². The lowest BCUT2D eigenvalue weighted by atomic mass is 10.2. The lowest BCUT2D eigenvalue weighted by Gasteiger charge is -2.30. The van der Waals surface area contributed by atoms with E-state index in [1.807, 2.05) is 49.7 Å². The van der Waals surface area contributed by atoms with Crippen LogP contribution in [0.4, 0.5) is 5.82 Å². The van der Waals surface area contributed by atoms with Gasteiger partial charge in [-0.15, -0.1) is 0 Å². The molecule has 154 valence electrons. The van der Waals surface area contributed by atoms with Gasteiger partial charge in [-0.3, -0.25) is 15.2 Å². The van der Waals surface area contributed by atoms with Crippen LogP contribution in [0.3, 0.4) is 0 Å². The summed E-state index contributed by atoms with van der Waals surface area (Å²) >= 11 is 0. The van der Waals surface area contributed by atoms with Crippen molar-refractivity contribution in [3.63, 3.8) is 0 Å². The molecule has 0 saturated heterocycles. The molecular formula is C20H34N8. The van der Waals surface area contributed by atoms with Crippen molar-refractivity contribution in [1.29, 1.82) is 0 Å². The van der Waals surface area contributed by atoms with Gasteiger partial charge in [-0.25, -0.2) is 10.4 Å². The van der Waals surface area contributed by atoms with Crippen LogP contribution in [-0.2, 0) is 0 Å². The number of hydrazine groups is 1. The molecule has 0 fully saturated rings. The van der Waals surface area contributed by atoms with Crippen molar-refractivity contribution >= 4 is 11.5 Å². The third kappa shape index (κ3) is 5.56. The predicted molar refractivity (Wildman–Crippen MR) is 117 cm³/mol. The summed E-state index contributed by atoms with van der Waals surface area (Å²) in [6.07, 6.45) is 5.04. The van der Waals surface area contributed by atoms with Gasteiger partial charge in [-0.1, -0.05) is 19.6 Å². The predicted octanol–water partition coefficient (Wildman–Crippen LogP) is 0.757. The quantitative estimate of drug-likeness (QED) is 0.356. The Kier molecular flexibility index (Phi) is 8.46. The summed E-state index contributed by atoms with van der Waals surface area (Å²) in [5, 5.41) is 11.8. The highest BCUT2D eigenvalue weighted by Crippen LogP contribution is 2.18. The normalized spacial score (nSPS) is 15.6. The first-order valence-electron chi connectivity index (χ1n) is 9.64. The molecule has 1 aliphatic heterocycles. The van der Waals surface area contributed by atoms with Gasteiger partial charge in [0.1, 0.15) is 12.0 Å². The van der Waals surface area contributed by atoms with E-state index in [2.05, 4.69) is 46.8 Å². The fourth-order valence-corrected chi connectivity index (χ4v) is 3.13. The van der Waals surface area contributed by atoms with E-state index in [-0.39, 0.29) is 6.17 Å². The zero-order chi connectivity index (χ0) is 20.5. The third-order valence-electron chi connectivity index (χ3n) is 4.52. The van der Waals surface area contributed by atoms with Gasteiger partial charge in [-0.2, -0.15) is 0 Å². The molecule has 1 aromatic heterocycles. The van der Waals surface area contributed by atoms with Crippen LogP contribution in [0.1, 0.15) is 19.0 Å². The largest absolute Gasteiger partial charge is 0.392 e. The van der Waals surface area contributed by atoms with Gasteiger partial charge < -0.3 is 16.4 Å². The van der Waals surface area contributed by atoms with Crippen molar-refractivity contribution in [2.24, 2.45) is 5.73 Å². The molecule has 0 aromatic carbocycles. The molecule has 28 heavy (non-hydrogen) atoms. The van der Waals surface area contributed by atoms with Crippen molar-refractivity contribution in [3.8, 4) is 0 Å². The van der Waals surface area contributed by atoms with Crippen molar-refractivity contribution in [3.05, 3.63) is 54.1 Å². The number of likely N-dealkylation sites (N-methyl/N-ethyl adjacent to an activating group) is 2. The topological polar surface area (TPSA) is 93.5 Å². The van der Waals surface area contributed by atoms with Gasteiger partial charge in [0.2, 0.25) is 0 Å². The van der Waals surface area contributed by atoms with Crippen LogP contribution in [0, 0.1) is 0 Å². The minimum atomic E-state index is 0.0302. The Bertz CT molecular complexity index is 712. The molecule has 1 aliphatic rings. The molecule has 2 heterocycles. The zero-order valence-corrected chi connectivity index (χ0v) is 17.4. The molecule has 0 radical (unpaired) electrons. The minimum Gasteiger partial charge on any atom is -0.392 e. The maximum absolute atomic E-state index is 5.72. The summed E-state index contributed by atoms with van der Waals surface area (Å²) in [6.45, 7) is 8.63. The summed E-state index contributed by atoms with van der Waals surface area (Å²) in [6, 6.07) is 5.87. The fraction of sp³-hybridized carbons (Fsp3) is 0.450. The first kappa shape index (κ1) is 21.9. The second kappa shape index (κ2) is 10.8. The Balaban J connectivity index is 2.17. The van der Waals surface area contributed by atoms with Crippen LogP contribution in [0.5, 0.6) is 0 Å². The zero-order valence-electron chi connectivity index (χ0n) is 17.4. The summed E-state index contributed by atoms with van der Waals surface area (Å²) in [5.74, 6) is 0.802. The summed E-state index contributed by atoms with van der Waals surface area (Å²) in [4.78, 5) is 6.99. The summed E-state index contributed by atoms with van der Waals surface area (Å²) < 4.78 is 0.